The van der Waals surface area contributed by atoms with E-state index in [1.807, 2.05) is 18.2 Å². The van der Waals surface area contributed by atoms with E-state index < -0.39 is 0 Å². The molecule has 1 saturated heterocycles. The summed E-state index contributed by atoms with van der Waals surface area (Å²) in [6.45, 7) is 1.89. The Morgan fingerprint density at radius 3 is 2.88 bits per heavy atom. The Balaban J connectivity index is 1.95. The van der Waals surface area contributed by atoms with Gasteiger partial charge in [-0.3, -0.25) is 0 Å². The lowest BCUT2D eigenvalue weighted by Crippen LogP contribution is -2.47. The molecule has 0 aliphatic carbocycles. The Hall–Kier alpha value is -1.71. The number of piperidine rings is 1. The molecule has 1 aromatic rings. The van der Waals surface area contributed by atoms with Crippen molar-refractivity contribution in [3.05, 3.63) is 30.3 Å². The molecule has 1 fully saturated rings. The molecule has 1 heterocycles. The van der Waals surface area contributed by atoms with E-state index in [9.17, 15) is 4.79 Å². The van der Waals surface area contributed by atoms with E-state index in [-0.39, 0.29) is 12.1 Å². The lowest BCUT2D eigenvalue weighted by molar-refractivity contribution is 0.165. The molecule has 1 aliphatic rings. The molecule has 1 amide bonds. The number of anilines is 1. The number of nitrogens with one attached hydrogen (secondary N) is 1. The van der Waals surface area contributed by atoms with Gasteiger partial charge < -0.3 is 15.0 Å². The molecule has 4 nitrogen and oxygen atoms in total. The minimum Gasteiger partial charge on any atom is -0.453 e. The van der Waals surface area contributed by atoms with Gasteiger partial charge in [-0.15, -0.1) is 0 Å². The van der Waals surface area contributed by atoms with Crippen LogP contribution < -0.4 is 10.2 Å². The fraction of sp³-hybridized carbons (Fsp3) is 0.462. The third-order valence-electron chi connectivity index (χ3n) is 3.05. The molecule has 0 aromatic heterocycles. The first-order chi connectivity index (χ1) is 8.29. The first-order valence-corrected chi connectivity index (χ1v) is 5.94. The number of carbonyl (C=O) groups excluding carboxylic acids is 1. The maximum atomic E-state index is 11.2. The molecule has 0 saturated carbocycles. The summed E-state index contributed by atoms with van der Waals surface area (Å²) in [6, 6.07) is 10.5. The standard InChI is InChI=1S/C13H18N2O2/c1-17-13(16)14-11-6-5-9-15(10-11)12-7-3-2-4-8-12/h2-4,7-8,11H,5-6,9-10H2,1H3,(H,14,16). The first-order valence-electron chi connectivity index (χ1n) is 5.94. The second-order valence-electron chi connectivity index (χ2n) is 4.26. The zero-order chi connectivity index (χ0) is 12.1. The third-order valence-corrected chi connectivity index (χ3v) is 3.05. The number of hydrogen-bond donors (Lipinski definition) is 1. The Kier molecular flexibility index (Phi) is 3.85. The van der Waals surface area contributed by atoms with Crippen LogP contribution in [0.1, 0.15) is 12.8 Å². The number of rotatable bonds is 2. The van der Waals surface area contributed by atoms with Crippen molar-refractivity contribution in [1.82, 2.24) is 5.32 Å². The number of nitrogens with zero attached hydrogens (tertiary/aromatic N) is 1. The normalized spacial score (nSPS) is 19.8. The SMILES string of the molecule is COC(=O)NC1CCCN(c2ccccc2)C1. The van der Waals surface area contributed by atoms with E-state index in [2.05, 4.69) is 27.1 Å². The van der Waals surface area contributed by atoms with Crippen LogP contribution in [0.2, 0.25) is 0 Å². The molecule has 1 N–H and O–H groups in total. The average molecular weight is 234 g/mol. The van der Waals surface area contributed by atoms with E-state index in [0.717, 1.165) is 25.9 Å². The molecule has 1 aliphatic heterocycles. The molecule has 0 spiro atoms. The van der Waals surface area contributed by atoms with Crippen molar-refractivity contribution in [2.75, 3.05) is 25.1 Å². The minimum atomic E-state index is -0.343. The van der Waals surface area contributed by atoms with Crippen molar-refractivity contribution in [2.24, 2.45) is 0 Å². The van der Waals surface area contributed by atoms with Crippen LogP contribution in [0.3, 0.4) is 0 Å². The highest BCUT2D eigenvalue weighted by molar-refractivity contribution is 5.67. The Bertz CT molecular complexity index is 367. The molecule has 0 radical (unpaired) electrons. The lowest BCUT2D eigenvalue weighted by atomic mass is 10.1. The summed E-state index contributed by atoms with van der Waals surface area (Å²) in [5, 5.41) is 2.87. The number of para-hydroxylation sites is 1. The fourth-order valence-corrected chi connectivity index (χ4v) is 2.19. The van der Waals surface area contributed by atoms with Crippen molar-refractivity contribution >= 4 is 11.8 Å². The molecular weight excluding hydrogens is 216 g/mol. The summed E-state index contributed by atoms with van der Waals surface area (Å²) in [4.78, 5) is 13.5. The predicted octanol–water partition coefficient (Wildman–Crippen LogP) is 2.01. The van der Waals surface area contributed by atoms with Crippen LogP contribution in [0.15, 0.2) is 30.3 Å². The van der Waals surface area contributed by atoms with E-state index in [1.54, 1.807) is 0 Å². The number of ether oxygens (including phenoxy) is 1. The highest BCUT2D eigenvalue weighted by atomic mass is 16.5. The molecule has 1 unspecified atom stereocenters. The Labute approximate surface area is 102 Å². The van der Waals surface area contributed by atoms with Crippen LogP contribution in [0.25, 0.3) is 0 Å². The maximum Gasteiger partial charge on any atom is 0.407 e. The minimum absolute atomic E-state index is 0.177. The van der Waals surface area contributed by atoms with Gasteiger partial charge in [0, 0.05) is 24.8 Å². The van der Waals surface area contributed by atoms with E-state index >= 15 is 0 Å². The number of methoxy groups -OCH3 is 1. The molecular formula is C13H18N2O2. The fourth-order valence-electron chi connectivity index (χ4n) is 2.19. The van der Waals surface area contributed by atoms with Gasteiger partial charge in [-0.25, -0.2) is 4.79 Å². The average Bonchev–Trinajstić information content (AvgIpc) is 2.40. The highest BCUT2D eigenvalue weighted by Gasteiger charge is 2.21. The topological polar surface area (TPSA) is 41.6 Å². The van der Waals surface area contributed by atoms with Gasteiger partial charge >= 0.3 is 6.09 Å². The van der Waals surface area contributed by atoms with Gasteiger partial charge in [-0.05, 0) is 25.0 Å². The second kappa shape index (κ2) is 5.57. The summed E-state index contributed by atoms with van der Waals surface area (Å²) < 4.78 is 4.63. The largest absolute Gasteiger partial charge is 0.453 e. The zero-order valence-electron chi connectivity index (χ0n) is 10.1. The van der Waals surface area contributed by atoms with Crippen LogP contribution in [0.5, 0.6) is 0 Å². The van der Waals surface area contributed by atoms with Crippen molar-refractivity contribution in [1.29, 1.82) is 0 Å². The van der Waals surface area contributed by atoms with Crippen LogP contribution >= 0.6 is 0 Å². The van der Waals surface area contributed by atoms with E-state index in [4.69, 9.17) is 0 Å². The summed E-state index contributed by atoms with van der Waals surface area (Å²) in [7, 11) is 1.40. The number of hydrogen-bond acceptors (Lipinski definition) is 3. The van der Waals surface area contributed by atoms with Crippen molar-refractivity contribution in [3.8, 4) is 0 Å². The molecule has 1 atom stereocenters. The lowest BCUT2D eigenvalue weighted by Gasteiger charge is -2.34. The van der Waals surface area contributed by atoms with Crippen molar-refractivity contribution in [2.45, 2.75) is 18.9 Å². The van der Waals surface area contributed by atoms with E-state index in [1.165, 1.54) is 12.8 Å². The van der Waals surface area contributed by atoms with Gasteiger partial charge in [0.2, 0.25) is 0 Å². The maximum absolute atomic E-state index is 11.2. The van der Waals surface area contributed by atoms with Gasteiger partial charge in [0.25, 0.3) is 0 Å². The predicted molar refractivity (Wildman–Crippen MR) is 67.2 cm³/mol. The number of alkyl carbamates (subject to hydrolysis) is 1. The van der Waals surface area contributed by atoms with Crippen LogP contribution in [-0.2, 0) is 4.74 Å². The zero-order valence-corrected chi connectivity index (χ0v) is 10.1. The second-order valence-corrected chi connectivity index (χ2v) is 4.26. The highest BCUT2D eigenvalue weighted by Crippen LogP contribution is 2.19. The van der Waals surface area contributed by atoms with Crippen molar-refractivity contribution < 1.29 is 9.53 Å². The number of carbonyl (C=O) groups is 1. The monoisotopic (exact) mass is 234 g/mol. The summed E-state index contributed by atoms with van der Waals surface area (Å²) >= 11 is 0. The molecule has 1 aromatic carbocycles. The van der Waals surface area contributed by atoms with Gasteiger partial charge in [0.15, 0.2) is 0 Å². The van der Waals surface area contributed by atoms with Gasteiger partial charge in [0.1, 0.15) is 0 Å². The molecule has 17 heavy (non-hydrogen) atoms. The van der Waals surface area contributed by atoms with Gasteiger partial charge in [-0.1, -0.05) is 18.2 Å². The Morgan fingerprint density at radius 2 is 2.18 bits per heavy atom. The number of benzene rings is 1. The number of amides is 1. The molecule has 92 valence electrons. The van der Waals surface area contributed by atoms with E-state index in [0.29, 0.717) is 0 Å². The summed E-state index contributed by atoms with van der Waals surface area (Å²) in [6.07, 6.45) is 1.76. The molecule has 2 rings (SSSR count). The van der Waals surface area contributed by atoms with Crippen LogP contribution in [-0.4, -0.2) is 32.3 Å². The van der Waals surface area contributed by atoms with Gasteiger partial charge in [-0.2, -0.15) is 0 Å². The molecule has 4 heteroatoms. The van der Waals surface area contributed by atoms with Crippen LogP contribution in [0, 0.1) is 0 Å². The third kappa shape index (κ3) is 3.12. The Morgan fingerprint density at radius 1 is 1.41 bits per heavy atom. The smallest absolute Gasteiger partial charge is 0.407 e. The summed E-state index contributed by atoms with van der Waals surface area (Å²) in [5.74, 6) is 0. The first kappa shape index (κ1) is 11.8. The van der Waals surface area contributed by atoms with Gasteiger partial charge in [0.05, 0.1) is 7.11 Å². The molecule has 0 bridgehead atoms. The summed E-state index contributed by atoms with van der Waals surface area (Å²) in [5.41, 5.74) is 1.21. The quantitative estimate of drug-likeness (QED) is 0.851. The van der Waals surface area contributed by atoms with Crippen LogP contribution in [0.4, 0.5) is 10.5 Å². The van der Waals surface area contributed by atoms with Crippen molar-refractivity contribution in [3.63, 3.8) is 0 Å².